The number of thiophene rings is 1. The number of carbonyl (C=O) groups is 2. The summed E-state index contributed by atoms with van der Waals surface area (Å²) in [4.78, 5) is 30.9. The van der Waals surface area contributed by atoms with Crippen LogP contribution in [-0.4, -0.2) is 61.3 Å². The Morgan fingerprint density at radius 2 is 1.89 bits per heavy atom. The lowest BCUT2D eigenvalue weighted by molar-refractivity contribution is -0.121. The number of hydrogen-bond donors (Lipinski definition) is 1. The van der Waals surface area contributed by atoms with Gasteiger partial charge in [0.25, 0.3) is 0 Å². The highest BCUT2D eigenvalue weighted by Crippen LogP contribution is 2.24. The van der Waals surface area contributed by atoms with Gasteiger partial charge in [-0.05, 0) is 31.7 Å². The van der Waals surface area contributed by atoms with E-state index in [1.807, 2.05) is 25.1 Å². The summed E-state index contributed by atoms with van der Waals surface area (Å²) in [5.74, 6) is 0.00322. The second kappa shape index (κ2) is 9.96. The molecule has 5 nitrogen and oxygen atoms in total. The largest absolute Gasteiger partial charge is 0.355 e. The van der Waals surface area contributed by atoms with E-state index >= 15 is 0 Å². The van der Waals surface area contributed by atoms with Gasteiger partial charge >= 0.3 is 0 Å². The van der Waals surface area contributed by atoms with Gasteiger partial charge in [0.05, 0.1) is 4.88 Å². The predicted octanol–water partition coefficient (Wildman–Crippen LogP) is 3.12. The van der Waals surface area contributed by atoms with Crippen LogP contribution in [-0.2, 0) is 4.79 Å². The van der Waals surface area contributed by atoms with Crippen LogP contribution in [0.4, 0.5) is 0 Å². The Kier molecular flexibility index (Phi) is 7.36. The first-order valence-electron chi connectivity index (χ1n) is 9.87. The SMILES string of the molecule is Cc1ccc(C(=O)CCC(=O)NCCN2CCN(C)C[C@@H]2c2ccccc2)s1. The van der Waals surface area contributed by atoms with Crippen LogP contribution in [0.2, 0.25) is 0 Å². The average molecular weight is 400 g/mol. The molecule has 1 saturated heterocycles. The molecule has 1 amide bonds. The number of hydrogen-bond acceptors (Lipinski definition) is 5. The number of ketones is 1. The molecule has 1 N–H and O–H groups in total. The molecule has 2 heterocycles. The molecule has 1 atom stereocenters. The summed E-state index contributed by atoms with van der Waals surface area (Å²) in [5, 5.41) is 2.98. The summed E-state index contributed by atoms with van der Waals surface area (Å²) in [5.41, 5.74) is 1.32. The summed E-state index contributed by atoms with van der Waals surface area (Å²) >= 11 is 1.49. The zero-order chi connectivity index (χ0) is 19.9. The zero-order valence-electron chi connectivity index (χ0n) is 16.7. The lowest BCUT2D eigenvalue weighted by Crippen LogP contribution is -2.49. The summed E-state index contributed by atoms with van der Waals surface area (Å²) in [6.45, 7) is 6.42. The molecule has 0 bridgehead atoms. The fraction of sp³-hybridized carbons (Fsp3) is 0.455. The predicted molar refractivity (Wildman–Crippen MR) is 114 cm³/mol. The molecule has 1 aliphatic heterocycles. The van der Waals surface area contributed by atoms with Crippen LogP contribution in [0, 0.1) is 6.92 Å². The first-order chi connectivity index (χ1) is 13.5. The first-order valence-corrected chi connectivity index (χ1v) is 10.7. The normalized spacial score (nSPS) is 18.1. The molecule has 0 spiro atoms. The van der Waals surface area contributed by atoms with Crippen molar-refractivity contribution < 1.29 is 9.59 Å². The van der Waals surface area contributed by atoms with E-state index in [1.165, 1.54) is 16.9 Å². The average Bonchev–Trinajstić information content (AvgIpc) is 3.14. The Morgan fingerprint density at radius 3 is 2.61 bits per heavy atom. The van der Waals surface area contributed by atoms with Crippen molar-refractivity contribution in [2.24, 2.45) is 0 Å². The van der Waals surface area contributed by atoms with Crippen molar-refractivity contribution >= 4 is 23.0 Å². The van der Waals surface area contributed by atoms with E-state index in [4.69, 9.17) is 0 Å². The molecule has 28 heavy (non-hydrogen) atoms. The van der Waals surface area contributed by atoms with Gasteiger partial charge in [0.15, 0.2) is 5.78 Å². The molecule has 1 aliphatic rings. The first kappa shape index (κ1) is 20.7. The molecule has 2 aromatic rings. The van der Waals surface area contributed by atoms with E-state index < -0.39 is 0 Å². The second-order valence-corrected chi connectivity index (χ2v) is 8.70. The summed E-state index contributed by atoms with van der Waals surface area (Å²) in [6.07, 6.45) is 0.521. The maximum absolute atomic E-state index is 12.1. The van der Waals surface area contributed by atoms with Gasteiger partial charge in [0, 0.05) is 56.5 Å². The highest BCUT2D eigenvalue weighted by atomic mass is 32.1. The van der Waals surface area contributed by atoms with Crippen LogP contribution in [0.25, 0.3) is 0 Å². The van der Waals surface area contributed by atoms with Gasteiger partial charge < -0.3 is 10.2 Å². The topological polar surface area (TPSA) is 52.7 Å². The monoisotopic (exact) mass is 399 g/mol. The van der Waals surface area contributed by atoms with E-state index in [-0.39, 0.29) is 24.5 Å². The molecule has 1 aromatic carbocycles. The quantitative estimate of drug-likeness (QED) is 0.693. The number of aryl methyl sites for hydroxylation is 1. The third-order valence-electron chi connectivity index (χ3n) is 5.19. The lowest BCUT2D eigenvalue weighted by atomic mass is 10.0. The molecular formula is C22H29N3O2S. The minimum absolute atomic E-state index is 0.0491. The number of nitrogens with one attached hydrogen (secondary N) is 1. The Morgan fingerprint density at radius 1 is 1.11 bits per heavy atom. The number of benzene rings is 1. The van der Waals surface area contributed by atoms with E-state index in [0.29, 0.717) is 12.6 Å². The Hall–Kier alpha value is -2.02. The van der Waals surface area contributed by atoms with Crippen molar-refractivity contribution in [2.45, 2.75) is 25.8 Å². The van der Waals surface area contributed by atoms with Crippen LogP contribution < -0.4 is 5.32 Å². The molecule has 1 fully saturated rings. The standard InChI is InChI=1S/C22H29N3O2S/c1-17-8-10-21(28-17)20(26)9-11-22(27)23-12-13-25-15-14-24(2)16-19(25)18-6-4-3-5-7-18/h3-8,10,19H,9,11-16H2,1-2H3,(H,23,27)/t19-/m1/s1. The number of Topliss-reactive ketones (excluding diaryl/α,β-unsaturated/α-hetero) is 1. The Balaban J connectivity index is 1.44. The third kappa shape index (κ3) is 5.74. The van der Waals surface area contributed by atoms with Gasteiger partial charge in [-0.3, -0.25) is 14.5 Å². The van der Waals surface area contributed by atoms with Gasteiger partial charge in [-0.1, -0.05) is 30.3 Å². The number of piperazine rings is 1. The highest BCUT2D eigenvalue weighted by molar-refractivity contribution is 7.14. The van der Waals surface area contributed by atoms with Crippen LogP contribution in [0.15, 0.2) is 42.5 Å². The molecule has 6 heteroatoms. The molecule has 0 saturated carbocycles. The summed E-state index contributed by atoms with van der Waals surface area (Å²) in [6, 6.07) is 14.7. The minimum atomic E-state index is -0.0491. The Labute approximate surface area is 171 Å². The van der Waals surface area contributed by atoms with Gasteiger partial charge in [0.2, 0.25) is 5.91 Å². The molecular weight excluding hydrogens is 370 g/mol. The molecule has 0 unspecified atom stereocenters. The third-order valence-corrected chi connectivity index (χ3v) is 6.24. The van der Waals surface area contributed by atoms with Crippen LogP contribution >= 0.6 is 11.3 Å². The molecule has 0 radical (unpaired) electrons. The van der Waals surface area contributed by atoms with Crippen molar-refractivity contribution in [3.8, 4) is 0 Å². The van der Waals surface area contributed by atoms with Crippen LogP contribution in [0.3, 0.4) is 0 Å². The van der Waals surface area contributed by atoms with Crippen molar-refractivity contribution in [1.29, 1.82) is 0 Å². The number of rotatable bonds is 8. The maximum atomic E-state index is 12.1. The van der Waals surface area contributed by atoms with Gasteiger partial charge in [-0.15, -0.1) is 11.3 Å². The number of nitrogens with zero attached hydrogens (tertiary/aromatic N) is 2. The van der Waals surface area contributed by atoms with Gasteiger partial charge in [-0.2, -0.15) is 0 Å². The second-order valence-electron chi connectivity index (χ2n) is 7.41. The summed E-state index contributed by atoms with van der Waals surface area (Å²) in [7, 11) is 2.15. The lowest BCUT2D eigenvalue weighted by Gasteiger charge is -2.40. The van der Waals surface area contributed by atoms with Crippen molar-refractivity contribution in [2.75, 3.05) is 39.8 Å². The molecule has 3 rings (SSSR count). The zero-order valence-corrected chi connectivity index (χ0v) is 17.5. The van der Waals surface area contributed by atoms with E-state index in [1.54, 1.807) is 0 Å². The molecule has 0 aliphatic carbocycles. The number of amides is 1. The number of carbonyl (C=O) groups excluding carboxylic acids is 2. The fourth-order valence-corrected chi connectivity index (χ4v) is 4.41. The van der Waals surface area contributed by atoms with E-state index in [2.05, 4.69) is 46.4 Å². The maximum Gasteiger partial charge on any atom is 0.220 e. The Bertz CT molecular complexity index is 790. The van der Waals surface area contributed by atoms with Crippen molar-refractivity contribution in [3.05, 3.63) is 57.8 Å². The van der Waals surface area contributed by atoms with Crippen molar-refractivity contribution in [1.82, 2.24) is 15.1 Å². The fourth-order valence-electron chi connectivity index (χ4n) is 3.58. The van der Waals surface area contributed by atoms with Crippen LogP contribution in [0.1, 0.15) is 39.0 Å². The van der Waals surface area contributed by atoms with Gasteiger partial charge in [0.1, 0.15) is 0 Å². The van der Waals surface area contributed by atoms with E-state index in [9.17, 15) is 9.59 Å². The molecule has 150 valence electrons. The van der Waals surface area contributed by atoms with Crippen molar-refractivity contribution in [3.63, 3.8) is 0 Å². The van der Waals surface area contributed by atoms with Gasteiger partial charge in [-0.25, -0.2) is 0 Å². The highest BCUT2D eigenvalue weighted by Gasteiger charge is 2.26. The molecule has 1 aromatic heterocycles. The smallest absolute Gasteiger partial charge is 0.220 e. The minimum Gasteiger partial charge on any atom is -0.355 e. The van der Waals surface area contributed by atoms with Crippen LogP contribution in [0.5, 0.6) is 0 Å². The van der Waals surface area contributed by atoms with E-state index in [0.717, 1.165) is 35.9 Å². The number of likely N-dealkylation sites (N-methyl/N-ethyl adjacent to an activating group) is 1. The summed E-state index contributed by atoms with van der Waals surface area (Å²) < 4.78 is 0.